The fraction of sp³-hybridized carbons (Fsp3) is 1.00. The molecule has 1 aliphatic heterocycles. The molecule has 0 aromatic carbocycles. The predicted molar refractivity (Wildman–Crippen MR) is 110 cm³/mol. The standard InChI is InChI=1S/C23H44O4/c1-5-9-10-11-12-13-14-20(17-19-15-16-21-22(18-19)27-21)23(24-6-2,25-7-3)26-8-4/h19-22H,5-18H2,1-4H3. The second-order valence-electron chi connectivity index (χ2n) is 8.28. The molecule has 0 spiro atoms. The molecule has 160 valence electrons. The lowest BCUT2D eigenvalue weighted by molar-refractivity contribution is -0.404. The third-order valence-corrected chi connectivity index (χ3v) is 6.17. The van der Waals surface area contributed by atoms with Crippen molar-refractivity contribution in [3.05, 3.63) is 0 Å². The monoisotopic (exact) mass is 384 g/mol. The van der Waals surface area contributed by atoms with Crippen LogP contribution in [0.2, 0.25) is 0 Å². The molecular formula is C23H44O4. The molecule has 1 heterocycles. The zero-order valence-corrected chi connectivity index (χ0v) is 18.3. The smallest absolute Gasteiger partial charge is 0.285 e. The van der Waals surface area contributed by atoms with E-state index >= 15 is 0 Å². The third kappa shape index (κ3) is 7.30. The van der Waals surface area contributed by atoms with Crippen molar-refractivity contribution in [1.82, 2.24) is 0 Å². The van der Waals surface area contributed by atoms with E-state index < -0.39 is 5.97 Å². The van der Waals surface area contributed by atoms with Crippen LogP contribution in [0.4, 0.5) is 0 Å². The van der Waals surface area contributed by atoms with E-state index in [1.54, 1.807) is 0 Å². The zero-order valence-electron chi connectivity index (χ0n) is 18.3. The molecule has 2 fully saturated rings. The van der Waals surface area contributed by atoms with E-state index in [1.165, 1.54) is 57.8 Å². The normalized spacial score (nSPS) is 26.0. The average molecular weight is 385 g/mol. The van der Waals surface area contributed by atoms with E-state index in [2.05, 4.69) is 6.92 Å². The van der Waals surface area contributed by atoms with Crippen LogP contribution < -0.4 is 0 Å². The maximum absolute atomic E-state index is 6.17. The number of epoxide rings is 1. The van der Waals surface area contributed by atoms with Crippen LogP contribution >= 0.6 is 0 Å². The van der Waals surface area contributed by atoms with Crippen LogP contribution in [0.15, 0.2) is 0 Å². The molecule has 0 aromatic heterocycles. The van der Waals surface area contributed by atoms with Crippen LogP contribution in [0.25, 0.3) is 0 Å². The van der Waals surface area contributed by atoms with Gasteiger partial charge in [0, 0.05) is 25.7 Å². The van der Waals surface area contributed by atoms with Crippen LogP contribution in [0.5, 0.6) is 0 Å². The van der Waals surface area contributed by atoms with Gasteiger partial charge in [0.05, 0.1) is 12.2 Å². The first-order valence-corrected chi connectivity index (χ1v) is 11.8. The zero-order chi connectivity index (χ0) is 19.5. The Hall–Kier alpha value is -0.160. The minimum Gasteiger partial charge on any atom is -0.370 e. The van der Waals surface area contributed by atoms with Gasteiger partial charge in [0.1, 0.15) is 0 Å². The van der Waals surface area contributed by atoms with Gasteiger partial charge in [-0.2, -0.15) is 0 Å². The van der Waals surface area contributed by atoms with Gasteiger partial charge in [0.25, 0.3) is 5.97 Å². The van der Waals surface area contributed by atoms with Crippen molar-refractivity contribution in [3.63, 3.8) is 0 Å². The molecule has 2 rings (SSSR count). The molecule has 4 nitrogen and oxygen atoms in total. The van der Waals surface area contributed by atoms with Gasteiger partial charge in [-0.25, -0.2) is 0 Å². The third-order valence-electron chi connectivity index (χ3n) is 6.17. The Kier molecular flexibility index (Phi) is 10.6. The fourth-order valence-corrected chi connectivity index (χ4v) is 4.80. The summed E-state index contributed by atoms with van der Waals surface area (Å²) in [5.41, 5.74) is 0. The molecule has 0 amide bonds. The lowest BCUT2D eigenvalue weighted by atomic mass is 9.80. The Morgan fingerprint density at radius 2 is 1.44 bits per heavy atom. The summed E-state index contributed by atoms with van der Waals surface area (Å²) >= 11 is 0. The minimum atomic E-state index is -0.872. The first kappa shape index (κ1) is 23.1. The predicted octanol–water partition coefficient (Wildman–Crippen LogP) is 6.07. The highest BCUT2D eigenvalue weighted by Gasteiger charge is 2.47. The van der Waals surface area contributed by atoms with Crippen molar-refractivity contribution in [2.24, 2.45) is 11.8 Å². The van der Waals surface area contributed by atoms with Crippen molar-refractivity contribution in [2.45, 2.75) is 117 Å². The number of fused-ring (bicyclic) bond motifs is 1. The first-order chi connectivity index (χ1) is 13.2. The molecule has 2 aliphatic rings. The number of hydrogen-bond donors (Lipinski definition) is 0. The number of unbranched alkanes of at least 4 members (excludes halogenated alkanes) is 5. The first-order valence-electron chi connectivity index (χ1n) is 11.8. The molecule has 1 saturated carbocycles. The molecule has 0 radical (unpaired) electrons. The summed E-state index contributed by atoms with van der Waals surface area (Å²) in [5, 5.41) is 0. The van der Waals surface area contributed by atoms with Gasteiger partial charge in [-0.05, 0) is 58.8 Å². The summed E-state index contributed by atoms with van der Waals surface area (Å²) in [6.07, 6.45) is 14.9. The van der Waals surface area contributed by atoms with Gasteiger partial charge in [-0.3, -0.25) is 0 Å². The molecular weight excluding hydrogens is 340 g/mol. The lowest BCUT2D eigenvalue weighted by Gasteiger charge is -2.40. The highest BCUT2D eigenvalue weighted by atomic mass is 16.9. The van der Waals surface area contributed by atoms with Crippen molar-refractivity contribution in [1.29, 1.82) is 0 Å². The van der Waals surface area contributed by atoms with E-state index in [9.17, 15) is 0 Å². The van der Waals surface area contributed by atoms with Gasteiger partial charge in [-0.1, -0.05) is 45.4 Å². The Labute approximate surface area is 167 Å². The summed E-state index contributed by atoms with van der Waals surface area (Å²) in [6.45, 7) is 10.2. The van der Waals surface area contributed by atoms with Crippen LogP contribution in [0.1, 0.15) is 98.3 Å². The van der Waals surface area contributed by atoms with Gasteiger partial charge in [-0.15, -0.1) is 0 Å². The summed E-state index contributed by atoms with van der Waals surface area (Å²) in [6, 6.07) is 0. The van der Waals surface area contributed by atoms with E-state index in [0.29, 0.717) is 43.9 Å². The molecule has 4 unspecified atom stereocenters. The van der Waals surface area contributed by atoms with Crippen LogP contribution in [0, 0.1) is 11.8 Å². The van der Waals surface area contributed by atoms with Crippen LogP contribution in [-0.2, 0) is 18.9 Å². The molecule has 0 N–H and O–H groups in total. The average Bonchev–Trinajstić information content (AvgIpc) is 3.43. The van der Waals surface area contributed by atoms with Gasteiger partial charge in [0.2, 0.25) is 0 Å². The van der Waals surface area contributed by atoms with Crippen molar-refractivity contribution in [2.75, 3.05) is 19.8 Å². The number of ether oxygens (including phenoxy) is 4. The maximum atomic E-state index is 6.17. The van der Waals surface area contributed by atoms with E-state index in [1.807, 2.05) is 20.8 Å². The van der Waals surface area contributed by atoms with Gasteiger partial charge < -0.3 is 18.9 Å². The van der Waals surface area contributed by atoms with Crippen LogP contribution in [-0.4, -0.2) is 38.0 Å². The number of hydrogen-bond acceptors (Lipinski definition) is 4. The molecule has 4 atom stereocenters. The number of rotatable bonds is 16. The Balaban J connectivity index is 1.97. The Morgan fingerprint density at radius 3 is 2.04 bits per heavy atom. The van der Waals surface area contributed by atoms with E-state index in [-0.39, 0.29) is 0 Å². The van der Waals surface area contributed by atoms with Gasteiger partial charge >= 0.3 is 0 Å². The SMILES string of the molecule is CCCCCCCCC(CC1CCC2OC2C1)C(OCC)(OCC)OCC. The summed E-state index contributed by atoms with van der Waals surface area (Å²) in [7, 11) is 0. The topological polar surface area (TPSA) is 40.2 Å². The highest BCUT2D eigenvalue weighted by Crippen LogP contribution is 2.44. The molecule has 1 saturated heterocycles. The van der Waals surface area contributed by atoms with Gasteiger partial charge in [0.15, 0.2) is 0 Å². The molecule has 0 aromatic rings. The molecule has 4 heteroatoms. The van der Waals surface area contributed by atoms with E-state index in [4.69, 9.17) is 18.9 Å². The summed E-state index contributed by atoms with van der Waals surface area (Å²) < 4.78 is 24.3. The lowest BCUT2D eigenvalue weighted by Crippen LogP contribution is -2.47. The Morgan fingerprint density at radius 1 is 0.815 bits per heavy atom. The van der Waals surface area contributed by atoms with E-state index in [0.717, 1.165) is 12.8 Å². The van der Waals surface area contributed by atoms with Crippen molar-refractivity contribution in [3.8, 4) is 0 Å². The van der Waals surface area contributed by atoms with Crippen molar-refractivity contribution < 1.29 is 18.9 Å². The Bertz CT molecular complexity index is 370. The molecule has 1 aliphatic carbocycles. The summed E-state index contributed by atoms with van der Waals surface area (Å²) in [4.78, 5) is 0. The largest absolute Gasteiger partial charge is 0.370 e. The molecule has 0 bridgehead atoms. The molecule has 27 heavy (non-hydrogen) atoms. The highest BCUT2D eigenvalue weighted by molar-refractivity contribution is 4.93. The maximum Gasteiger partial charge on any atom is 0.285 e. The fourth-order valence-electron chi connectivity index (χ4n) is 4.80. The second-order valence-corrected chi connectivity index (χ2v) is 8.28. The summed E-state index contributed by atoms with van der Waals surface area (Å²) in [5.74, 6) is 0.131. The second kappa shape index (κ2) is 12.4. The van der Waals surface area contributed by atoms with Crippen molar-refractivity contribution >= 4 is 0 Å². The minimum absolute atomic E-state index is 0.295. The van der Waals surface area contributed by atoms with Crippen LogP contribution in [0.3, 0.4) is 0 Å². The quantitative estimate of drug-likeness (QED) is 0.184.